The summed E-state index contributed by atoms with van der Waals surface area (Å²) in [5.41, 5.74) is 0. The average molecular weight is 263 g/mol. The molecule has 1 aromatic rings. The smallest absolute Gasteiger partial charge is 0.226 e. The number of hydrogen-bond acceptors (Lipinski definition) is 3. The number of aliphatic hydroxyl groups is 1. The number of aliphatic hydroxyl groups excluding tert-OH is 1. The van der Waals surface area contributed by atoms with Gasteiger partial charge in [0.1, 0.15) is 5.75 Å². The molecule has 2 rings (SSSR count). The number of nitrogens with zero attached hydrogens (tertiary/aromatic N) is 1. The number of benzene rings is 1. The first-order valence-electron chi connectivity index (χ1n) is 6.80. The summed E-state index contributed by atoms with van der Waals surface area (Å²) in [6.45, 7) is 3.25. The molecule has 0 aromatic heterocycles. The number of rotatable bonds is 5. The van der Waals surface area contributed by atoms with Gasteiger partial charge in [-0.2, -0.15) is 0 Å². The molecule has 1 heterocycles. The summed E-state index contributed by atoms with van der Waals surface area (Å²) in [4.78, 5) is 13.9. The first-order valence-corrected chi connectivity index (χ1v) is 6.80. The van der Waals surface area contributed by atoms with Crippen LogP contribution in [0.1, 0.15) is 19.8 Å². The highest BCUT2D eigenvalue weighted by molar-refractivity contribution is 5.77. The fraction of sp³-hybridized carbons (Fsp3) is 0.533. The minimum atomic E-state index is -0.0239. The molecular weight excluding hydrogens is 242 g/mol. The summed E-state index contributed by atoms with van der Waals surface area (Å²) in [6.07, 6.45) is 1.33. The van der Waals surface area contributed by atoms with E-state index >= 15 is 0 Å². The van der Waals surface area contributed by atoms with E-state index in [1.54, 1.807) is 4.90 Å². The van der Waals surface area contributed by atoms with Crippen molar-refractivity contribution < 1.29 is 14.6 Å². The highest BCUT2D eigenvalue weighted by atomic mass is 16.5. The first-order chi connectivity index (χ1) is 9.22. The molecule has 0 saturated carbocycles. The van der Waals surface area contributed by atoms with Crippen molar-refractivity contribution in [2.45, 2.75) is 25.8 Å². The largest absolute Gasteiger partial charge is 0.493 e. The fourth-order valence-electron chi connectivity index (χ4n) is 2.51. The second-order valence-corrected chi connectivity index (χ2v) is 5.01. The Labute approximate surface area is 114 Å². The lowest BCUT2D eigenvalue weighted by Crippen LogP contribution is -2.40. The molecule has 4 nitrogen and oxygen atoms in total. The van der Waals surface area contributed by atoms with Crippen molar-refractivity contribution in [2.24, 2.45) is 5.92 Å². The zero-order valence-electron chi connectivity index (χ0n) is 11.3. The summed E-state index contributed by atoms with van der Waals surface area (Å²) in [6, 6.07) is 9.46. The molecule has 104 valence electrons. The van der Waals surface area contributed by atoms with E-state index in [4.69, 9.17) is 4.74 Å². The van der Waals surface area contributed by atoms with E-state index < -0.39 is 0 Å². The monoisotopic (exact) mass is 263 g/mol. The molecule has 2 atom stereocenters. The Morgan fingerprint density at radius 1 is 1.42 bits per heavy atom. The van der Waals surface area contributed by atoms with Gasteiger partial charge in [-0.05, 0) is 24.5 Å². The molecular formula is C15H21NO3. The van der Waals surface area contributed by atoms with E-state index in [0.29, 0.717) is 18.9 Å². The van der Waals surface area contributed by atoms with E-state index in [1.165, 1.54) is 0 Å². The summed E-state index contributed by atoms with van der Waals surface area (Å²) in [5.74, 6) is 1.23. The maximum Gasteiger partial charge on any atom is 0.226 e. The lowest BCUT2D eigenvalue weighted by Gasteiger charge is -2.25. The number of hydrogen-bond donors (Lipinski definition) is 1. The zero-order chi connectivity index (χ0) is 13.7. The molecule has 0 aliphatic carbocycles. The Morgan fingerprint density at radius 3 is 2.84 bits per heavy atom. The summed E-state index contributed by atoms with van der Waals surface area (Å²) in [5, 5.41) is 9.33. The Bertz CT molecular complexity index is 407. The zero-order valence-corrected chi connectivity index (χ0v) is 11.3. The van der Waals surface area contributed by atoms with Crippen LogP contribution in [0.2, 0.25) is 0 Å². The van der Waals surface area contributed by atoms with Crippen molar-refractivity contribution in [3.8, 4) is 5.75 Å². The van der Waals surface area contributed by atoms with E-state index in [9.17, 15) is 9.90 Å². The van der Waals surface area contributed by atoms with E-state index in [2.05, 4.69) is 6.92 Å². The summed E-state index contributed by atoms with van der Waals surface area (Å²) in [7, 11) is 0. The van der Waals surface area contributed by atoms with Gasteiger partial charge < -0.3 is 14.7 Å². The number of carbonyl (C=O) groups is 1. The van der Waals surface area contributed by atoms with Gasteiger partial charge in [0.25, 0.3) is 0 Å². The topological polar surface area (TPSA) is 49.8 Å². The third-order valence-electron chi connectivity index (χ3n) is 3.72. The van der Waals surface area contributed by atoms with Gasteiger partial charge in [0.15, 0.2) is 0 Å². The molecule has 1 fully saturated rings. The third-order valence-corrected chi connectivity index (χ3v) is 3.72. The van der Waals surface area contributed by atoms with Crippen molar-refractivity contribution in [3.05, 3.63) is 30.3 Å². The van der Waals surface area contributed by atoms with Crippen molar-refractivity contribution in [2.75, 3.05) is 19.8 Å². The Hall–Kier alpha value is -1.55. The molecule has 1 aliphatic rings. The van der Waals surface area contributed by atoms with Crippen LogP contribution >= 0.6 is 0 Å². The third kappa shape index (κ3) is 3.47. The van der Waals surface area contributed by atoms with Crippen molar-refractivity contribution in [1.82, 2.24) is 4.90 Å². The van der Waals surface area contributed by atoms with Gasteiger partial charge in [-0.1, -0.05) is 25.1 Å². The summed E-state index contributed by atoms with van der Waals surface area (Å²) >= 11 is 0. The average Bonchev–Trinajstić information content (AvgIpc) is 2.81. The lowest BCUT2D eigenvalue weighted by molar-refractivity contribution is -0.133. The van der Waals surface area contributed by atoms with Crippen LogP contribution in [-0.2, 0) is 4.79 Å². The van der Waals surface area contributed by atoms with Gasteiger partial charge in [0, 0.05) is 6.54 Å². The number of carbonyl (C=O) groups excluding carboxylic acids is 1. The van der Waals surface area contributed by atoms with Crippen LogP contribution < -0.4 is 4.74 Å². The van der Waals surface area contributed by atoms with Crippen LogP contribution in [0.3, 0.4) is 0 Å². The van der Waals surface area contributed by atoms with Crippen LogP contribution in [-0.4, -0.2) is 41.7 Å². The second kappa shape index (κ2) is 6.57. The molecule has 19 heavy (non-hydrogen) atoms. The Balaban J connectivity index is 1.78. The molecule has 1 N–H and O–H groups in total. The van der Waals surface area contributed by atoms with Crippen molar-refractivity contribution in [1.29, 1.82) is 0 Å². The number of ether oxygens (including phenoxy) is 1. The number of amides is 1. The highest BCUT2D eigenvalue weighted by Gasteiger charge is 2.33. The van der Waals surface area contributed by atoms with Crippen LogP contribution in [0.4, 0.5) is 0 Å². The van der Waals surface area contributed by atoms with Crippen molar-refractivity contribution in [3.63, 3.8) is 0 Å². The van der Waals surface area contributed by atoms with E-state index in [0.717, 1.165) is 18.7 Å². The number of likely N-dealkylation sites (tertiary alicyclic amines) is 1. The fourth-order valence-corrected chi connectivity index (χ4v) is 2.51. The number of para-hydroxylation sites is 1. The predicted molar refractivity (Wildman–Crippen MR) is 72.9 cm³/mol. The SMILES string of the molecule is CC1CCN(C(=O)CCOc2ccccc2)C1CO. The van der Waals surface area contributed by atoms with Gasteiger partial charge in [-0.15, -0.1) is 0 Å². The normalized spacial score (nSPS) is 22.5. The maximum atomic E-state index is 12.1. The maximum absolute atomic E-state index is 12.1. The molecule has 0 radical (unpaired) electrons. The summed E-state index contributed by atoms with van der Waals surface area (Å²) < 4.78 is 5.52. The second-order valence-electron chi connectivity index (χ2n) is 5.01. The quantitative estimate of drug-likeness (QED) is 0.879. The van der Waals surface area contributed by atoms with Crippen LogP contribution in [0.15, 0.2) is 30.3 Å². The van der Waals surface area contributed by atoms with Gasteiger partial charge in [0.05, 0.1) is 25.7 Å². The van der Waals surface area contributed by atoms with Gasteiger partial charge in [-0.25, -0.2) is 0 Å². The van der Waals surface area contributed by atoms with E-state index in [-0.39, 0.29) is 18.6 Å². The van der Waals surface area contributed by atoms with Gasteiger partial charge >= 0.3 is 0 Å². The van der Waals surface area contributed by atoms with Gasteiger partial charge in [-0.3, -0.25) is 4.79 Å². The van der Waals surface area contributed by atoms with E-state index in [1.807, 2.05) is 30.3 Å². The molecule has 1 aliphatic heterocycles. The Morgan fingerprint density at radius 2 is 2.16 bits per heavy atom. The molecule has 0 bridgehead atoms. The molecule has 0 spiro atoms. The van der Waals surface area contributed by atoms with Crippen LogP contribution in [0.25, 0.3) is 0 Å². The molecule has 4 heteroatoms. The lowest BCUT2D eigenvalue weighted by atomic mass is 10.0. The highest BCUT2D eigenvalue weighted by Crippen LogP contribution is 2.24. The van der Waals surface area contributed by atoms with Gasteiger partial charge in [0.2, 0.25) is 5.91 Å². The van der Waals surface area contributed by atoms with Crippen LogP contribution in [0.5, 0.6) is 5.75 Å². The first kappa shape index (κ1) is 13.9. The molecule has 2 unspecified atom stereocenters. The minimum absolute atomic E-state index is 0.0239. The Kier molecular flexibility index (Phi) is 4.80. The minimum Gasteiger partial charge on any atom is -0.493 e. The standard InChI is InChI=1S/C15H21NO3/c1-12-7-9-16(14(12)11-17)15(18)8-10-19-13-5-3-2-4-6-13/h2-6,12,14,17H,7-11H2,1H3. The van der Waals surface area contributed by atoms with Crippen molar-refractivity contribution >= 4 is 5.91 Å². The van der Waals surface area contributed by atoms with Crippen LogP contribution in [0, 0.1) is 5.92 Å². The molecule has 1 aromatic carbocycles. The predicted octanol–water partition coefficient (Wildman–Crippen LogP) is 1.68. The molecule has 1 amide bonds. The molecule has 1 saturated heterocycles.